The summed E-state index contributed by atoms with van der Waals surface area (Å²) in [6.45, 7) is 0.592. The Balaban J connectivity index is 2.65. The SMILES string of the molecule is N#CCCN(CCC#N)C(=O)Nc1cccc(Cl)c1. The lowest BCUT2D eigenvalue weighted by Crippen LogP contribution is -2.36. The van der Waals surface area contributed by atoms with Crippen LogP contribution in [0.5, 0.6) is 0 Å². The second-order valence-electron chi connectivity index (χ2n) is 3.74. The molecule has 1 aromatic carbocycles. The molecule has 0 unspecified atom stereocenters. The number of rotatable bonds is 5. The summed E-state index contributed by atoms with van der Waals surface area (Å²) in [5, 5.41) is 20.3. The highest BCUT2D eigenvalue weighted by Gasteiger charge is 2.12. The number of benzene rings is 1. The van der Waals surface area contributed by atoms with Crippen molar-refractivity contribution in [3.63, 3.8) is 0 Å². The predicted octanol–water partition coefficient (Wildman–Crippen LogP) is 3.00. The lowest BCUT2D eigenvalue weighted by molar-refractivity contribution is 0.214. The molecule has 0 radical (unpaired) electrons. The van der Waals surface area contributed by atoms with Crippen molar-refractivity contribution in [2.24, 2.45) is 0 Å². The van der Waals surface area contributed by atoms with Gasteiger partial charge in [0, 0.05) is 23.8 Å². The molecule has 5 nitrogen and oxygen atoms in total. The maximum atomic E-state index is 12.0. The number of carbonyl (C=O) groups excluding carboxylic acids is 1. The Morgan fingerprint density at radius 1 is 1.26 bits per heavy atom. The van der Waals surface area contributed by atoms with E-state index in [-0.39, 0.29) is 18.9 Å². The molecule has 98 valence electrons. The van der Waals surface area contributed by atoms with Crippen molar-refractivity contribution in [2.45, 2.75) is 12.8 Å². The van der Waals surface area contributed by atoms with Crippen LogP contribution >= 0.6 is 11.6 Å². The molecule has 0 aromatic heterocycles. The number of anilines is 1. The standard InChI is InChI=1S/C13H13ClN4O/c14-11-4-1-5-12(10-11)17-13(19)18(8-2-6-15)9-3-7-16/h1,4-5,10H,2-3,8-9H2,(H,17,19). The van der Waals surface area contributed by atoms with Gasteiger partial charge in [-0.05, 0) is 18.2 Å². The predicted molar refractivity (Wildman–Crippen MR) is 72.5 cm³/mol. The molecule has 0 saturated carbocycles. The average Bonchev–Trinajstić information content (AvgIpc) is 2.38. The molecule has 0 atom stereocenters. The third-order valence-corrected chi connectivity index (χ3v) is 2.59. The zero-order chi connectivity index (χ0) is 14.1. The lowest BCUT2D eigenvalue weighted by atomic mass is 10.3. The van der Waals surface area contributed by atoms with Crippen molar-refractivity contribution in [3.05, 3.63) is 29.3 Å². The molecule has 1 aromatic rings. The molecule has 0 saturated heterocycles. The molecular weight excluding hydrogens is 264 g/mol. The van der Waals surface area contributed by atoms with Gasteiger partial charge in [-0.2, -0.15) is 10.5 Å². The van der Waals surface area contributed by atoms with E-state index >= 15 is 0 Å². The van der Waals surface area contributed by atoms with Gasteiger partial charge in [-0.1, -0.05) is 17.7 Å². The van der Waals surface area contributed by atoms with Gasteiger partial charge in [0.15, 0.2) is 0 Å². The Bertz CT molecular complexity index is 500. The zero-order valence-corrected chi connectivity index (χ0v) is 11.0. The molecule has 0 spiro atoms. The van der Waals surface area contributed by atoms with E-state index in [0.717, 1.165) is 0 Å². The summed E-state index contributed by atoms with van der Waals surface area (Å²) in [7, 11) is 0. The van der Waals surface area contributed by atoms with Gasteiger partial charge in [-0.15, -0.1) is 0 Å². The first-order valence-corrected chi connectivity index (χ1v) is 6.10. The highest BCUT2D eigenvalue weighted by atomic mass is 35.5. The van der Waals surface area contributed by atoms with Crippen LogP contribution in [-0.4, -0.2) is 24.0 Å². The van der Waals surface area contributed by atoms with Crippen LogP contribution in [0, 0.1) is 22.7 Å². The molecule has 1 rings (SSSR count). The normalized spacial score (nSPS) is 9.21. The maximum Gasteiger partial charge on any atom is 0.321 e. The molecule has 1 N–H and O–H groups in total. The van der Waals surface area contributed by atoms with E-state index in [1.165, 1.54) is 4.90 Å². The first-order valence-electron chi connectivity index (χ1n) is 5.72. The summed E-state index contributed by atoms with van der Waals surface area (Å²) in [6, 6.07) is 10.4. The number of nitriles is 2. The number of halogens is 1. The highest BCUT2D eigenvalue weighted by Crippen LogP contribution is 2.15. The third kappa shape index (κ3) is 5.29. The summed E-state index contributed by atoms with van der Waals surface area (Å²) >= 11 is 5.82. The van der Waals surface area contributed by atoms with E-state index in [4.69, 9.17) is 22.1 Å². The Labute approximate surface area is 117 Å². The van der Waals surface area contributed by atoms with Crippen LogP contribution in [0.4, 0.5) is 10.5 Å². The van der Waals surface area contributed by atoms with E-state index in [9.17, 15) is 4.79 Å². The van der Waals surface area contributed by atoms with Gasteiger partial charge in [0.1, 0.15) is 0 Å². The molecule has 6 heteroatoms. The summed E-state index contributed by atoms with van der Waals surface area (Å²) < 4.78 is 0. The number of nitrogens with one attached hydrogen (secondary N) is 1. The van der Waals surface area contributed by atoms with E-state index in [2.05, 4.69) is 5.32 Å². The maximum absolute atomic E-state index is 12.0. The molecule has 19 heavy (non-hydrogen) atoms. The second kappa shape index (κ2) is 7.97. The van der Waals surface area contributed by atoms with Gasteiger partial charge < -0.3 is 10.2 Å². The number of carbonyl (C=O) groups is 1. The zero-order valence-electron chi connectivity index (χ0n) is 10.3. The summed E-state index contributed by atoms with van der Waals surface area (Å²) in [4.78, 5) is 13.4. The van der Waals surface area contributed by atoms with E-state index in [1.54, 1.807) is 24.3 Å². The number of nitrogens with zero attached hydrogens (tertiary/aromatic N) is 3. The van der Waals surface area contributed by atoms with Crippen molar-refractivity contribution in [2.75, 3.05) is 18.4 Å². The molecule has 0 bridgehead atoms. The van der Waals surface area contributed by atoms with Crippen LogP contribution in [0.15, 0.2) is 24.3 Å². The molecule has 0 fully saturated rings. The molecule has 0 aliphatic carbocycles. The largest absolute Gasteiger partial charge is 0.322 e. The van der Waals surface area contributed by atoms with Gasteiger partial charge in [-0.3, -0.25) is 0 Å². The fourth-order valence-electron chi connectivity index (χ4n) is 1.45. The summed E-state index contributed by atoms with van der Waals surface area (Å²) in [6.07, 6.45) is 0.461. The smallest absolute Gasteiger partial charge is 0.321 e. The molecule has 0 aliphatic heterocycles. The van der Waals surface area contributed by atoms with Gasteiger partial charge in [0.05, 0.1) is 25.0 Å². The van der Waals surface area contributed by atoms with Crippen molar-refractivity contribution in [1.82, 2.24) is 4.90 Å². The van der Waals surface area contributed by atoms with Crippen LogP contribution in [0.25, 0.3) is 0 Å². The number of amides is 2. The van der Waals surface area contributed by atoms with Crippen molar-refractivity contribution in [1.29, 1.82) is 10.5 Å². The molecule has 0 heterocycles. The van der Waals surface area contributed by atoms with Gasteiger partial charge in [0.2, 0.25) is 0 Å². The van der Waals surface area contributed by atoms with E-state index < -0.39 is 0 Å². The summed E-state index contributed by atoms with van der Waals surface area (Å²) in [5.74, 6) is 0. The van der Waals surface area contributed by atoms with Crippen LogP contribution in [-0.2, 0) is 0 Å². The van der Waals surface area contributed by atoms with Gasteiger partial charge in [0.25, 0.3) is 0 Å². The topological polar surface area (TPSA) is 79.9 Å². The fourth-order valence-corrected chi connectivity index (χ4v) is 1.64. The van der Waals surface area contributed by atoms with Crippen LogP contribution in [0.3, 0.4) is 0 Å². The van der Waals surface area contributed by atoms with E-state index in [1.807, 2.05) is 12.1 Å². The van der Waals surface area contributed by atoms with Gasteiger partial charge >= 0.3 is 6.03 Å². The Kier molecular flexibility index (Phi) is 6.21. The first-order chi connectivity index (χ1) is 9.17. The minimum absolute atomic E-state index is 0.231. The highest BCUT2D eigenvalue weighted by molar-refractivity contribution is 6.30. The third-order valence-electron chi connectivity index (χ3n) is 2.35. The Morgan fingerprint density at radius 2 is 1.89 bits per heavy atom. The minimum atomic E-state index is -0.340. The van der Waals surface area contributed by atoms with Crippen molar-refractivity contribution >= 4 is 23.3 Å². The monoisotopic (exact) mass is 276 g/mol. The number of hydrogen-bond donors (Lipinski definition) is 1. The lowest BCUT2D eigenvalue weighted by Gasteiger charge is -2.20. The summed E-state index contributed by atoms with van der Waals surface area (Å²) in [5.41, 5.74) is 0.580. The Morgan fingerprint density at radius 3 is 2.42 bits per heavy atom. The molecular formula is C13H13ClN4O. The average molecular weight is 277 g/mol. The second-order valence-corrected chi connectivity index (χ2v) is 4.18. The van der Waals surface area contributed by atoms with Crippen LogP contribution < -0.4 is 5.32 Å². The molecule has 2 amide bonds. The fraction of sp³-hybridized carbons (Fsp3) is 0.308. The van der Waals surface area contributed by atoms with E-state index in [0.29, 0.717) is 23.8 Å². The number of hydrogen-bond acceptors (Lipinski definition) is 3. The number of urea groups is 1. The van der Waals surface area contributed by atoms with Crippen LogP contribution in [0.1, 0.15) is 12.8 Å². The van der Waals surface area contributed by atoms with Crippen LogP contribution in [0.2, 0.25) is 5.02 Å². The first kappa shape index (κ1) is 14.8. The Hall–Kier alpha value is -2.24. The molecule has 0 aliphatic rings. The van der Waals surface area contributed by atoms with Crippen molar-refractivity contribution < 1.29 is 4.79 Å². The van der Waals surface area contributed by atoms with Gasteiger partial charge in [-0.25, -0.2) is 4.79 Å². The quantitative estimate of drug-likeness (QED) is 0.898. The minimum Gasteiger partial charge on any atom is -0.322 e. The van der Waals surface area contributed by atoms with Crippen molar-refractivity contribution in [3.8, 4) is 12.1 Å².